The molecule has 0 bridgehead atoms. The summed E-state index contributed by atoms with van der Waals surface area (Å²) in [6, 6.07) is 14.1. The van der Waals surface area contributed by atoms with Crippen LogP contribution in [0.5, 0.6) is 5.75 Å². The van der Waals surface area contributed by atoms with Crippen molar-refractivity contribution >= 4 is 16.7 Å². The average molecular weight is 229 g/mol. The Kier molecular flexibility index (Phi) is 3.60. The van der Waals surface area contributed by atoms with E-state index in [1.54, 1.807) is 0 Å². The Morgan fingerprint density at radius 3 is 2.71 bits per heavy atom. The van der Waals surface area contributed by atoms with E-state index in [1.807, 2.05) is 30.3 Å². The molecule has 88 valence electrons. The molecule has 2 aromatic carbocycles. The fourth-order valence-electron chi connectivity index (χ4n) is 1.68. The maximum atomic E-state index is 7.36. The maximum absolute atomic E-state index is 7.36. The smallest absolute Gasteiger partial charge is 0.183 e. The molecule has 0 atom stereocenters. The number of hydrogen-bond acceptors (Lipinski definition) is 3. The van der Waals surface area contributed by atoms with Crippen LogP contribution in [0.25, 0.3) is 10.8 Å². The lowest BCUT2D eigenvalue weighted by molar-refractivity contribution is 0.310. The van der Waals surface area contributed by atoms with Gasteiger partial charge >= 0.3 is 0 Å². The minimum Gasteiger partial charge on any atom is -0.492 e. The van der Waals surface area contributed by atoms with Gasteiger partial charge in [-0.2, -0.15) is 0 Å². The SMILES string of the molecule is COC(=N)CCOc1cccc2ccccc12. The molecule has 2 aromatic rings. The second kappa shape index (κ2) is 5.34. The van der Waals surface area contributed by atoms with Crippen molar-refractivity contribution in [3.63, 3.8) is 0 Å². The van der Waals surface area contributed by atoms with Gasteiger partial charge in [0.2, 0.25) is 0 Å². The van der Waals surface area contributed by atoms with Crippen molar-refractivity contribution in [3.05, 3.63) is 42.5 Å². The van der Waals surface area contributed by atoms with E-state index in [-0.39, 0.29) is 5.90 Å². The summed E-state index contributed by atoms with van der Waals surface area (Å²) in [4.78, 5) is 0. The molecule has 0 spiro atoms. The number of benzene rings is 2. The lowest BCUT2D eigenvalue weighted by atomic mass is 10.1. The number of ether oxygens (including phenoxy) is 2. The maximum Gasteiger partial charge on any atom is 0.183 e. The zero-order chi connectivity index (χ0) is 12.1. The number of rotatable bonds is 4. The number of methoxy groups -OCH3 is 1. The van der Waals surface area contributed by atoms with E-state index in [0.29, 0.717) is 13.0 Å². The van der Waals surface area contributed by atoms with Crippen molar-refractivity contribution in [2.24, 2.45) is 0 Å². The summed E-state index contributed by atoms with van der Waals surface area (Å²) in [6.45, 7) is 0.459. The number of nitrogens with one attached hydrogen (secondary N) is 1. The summed E-state index contributed by atoms with van der Waals surface area (Å²) in [5.41, 5.74) is 0. The highest BCUT2D eigenvalue weighted by molar-refractivity contribution is 5.88. The third-order valence-corrected chi connectivity index (χ3v) is 2.58. The first-order chi connectivity index (χ1) is 8.31. The molecule has 2 rings (SSSR count). The van der Waals surface area contributed by atoms with Crippen molar-refractivity contribution in [1.29, 1.82) is 5.41 Å². The van der Waals surface area contributed by atoms with Crippen molar-refractivity contribution in [3.8, 4) is 5.75 Å². The van der Waals surface area contributed by atoms with E-state index in [1.165, 1.54) is 7.11 Å². The number of hydrogen-bond donors (Lipinski definition) is 1. The first-order valence-corrected chi connectivity index (χ1v) is 5.53. The summed E-state index contributed by atoms with van der Waals surface area (Å²) >= 11 is 0. The summed E-state index contributed by atoms with van der Waals surface area (Å²) in [5.74, 6) is 1.09. The predicted molar refractivity (Wildman–Crippen MR) is 68.8 cm³/mol. The molecular formula is C14H15NO2. The lowest BCUT2D eigenvalue weighted by Crippen LogP contribution is -2.06. The molecule has 3 heteroatoms. The first kappa shape index (κ1) is 11.5. The highest BCUT2D eigenvalue weighted by Crippen LogP contribution is 2.25. The molecule has 0 saturated carbocycles. The van der Waals surface area contributed by atoms with Crippen molar-refractivity contribution in [1.82, 2.24) is 0 Å². The van der Waals surface area contributed by atoms with Gasteiger partial charge in [-0.3, -0.25) is 5.41 Å². The quantitative estimate of drug-likeness (QED) is 0.646. The van der Waals surface area contributed by atoms with Crippen LogP contribution in [0, 0.1) is 5.41 Å². The minimum absolute atomic E-state index is 0.241. The molecule has 0 heterocycles. The molecule has 17 heavy (non-hydrogen) atoms. The van der Waals surface area contributed by atoms with Crippen molar-refractivity contribution in [2.75, 3.05) is 13.7 Å². The third-order valence-electron chi connectivity index (χ3n) is 2.58. The van der Waals surface area contributed by atoms with E-state index < -0.39 is 0 Å². The fraction of sp³-hybridized carbons (Fsp3) is 0.214. The van der Waals surface area contributed by atoms with Gasteiger partial charge in [0.1, 0.15) is 5.75 Å². The standard InChI is InChI=1S/C14H15NO2/c1-16-14(15)9-10-17-13-8-4-6-11-5-2-3-7-12(11)13/h2-8,15H,9-10H2,1H3. The third kappa shape index (κ3) is 2.75. The van der Waals surface area contributed by atoms with Gasteiger partial charge in [-0.15, -0.1) is 0 Å². The van der Waals surface area contributed by atoms with Crippen LogP contribution in [0.1, 0.15) is 6.42 Å². The summed E-state index contributed by atoms with van der Waals surface area (Å²) < 4.78 is 10.4. The van der Waals surface area contributed by atoms with Gasteiger partial charge in [-0.25, -0.2) is 0 Å². The van der Waals surface area contributed by atoms with Crippen molar-refractivity contribution < 1.29 is 9.47 Å². The van der Waals surface area contributed by atoms with Crippen LogP contribution in [-0.2, 0) is 4.74 Å². The van der Waals surface area contributed by atoms with Gasteiger partial charge in [0.25, 0.3) is 0 Å². The van der Waals surface area contributed by atoms with Gasteiger partial charge in [-0.1, -0.05) is 36.4 Å². The van der Waals surface area contributed by atoms with Crippen LogP contribution in [0.15, 0.2) is 42.5 Å². The van der Waals surface area contributed by atoms with Gasteiger partial charge in [0.05, 0.1) is 20.1 Å². The molecule has 0 aromatic heterocycles. The highest BCUT2D eigenvalue weighted by Gasteiger charge is 2.02. The zero-order valence-electron chi connectivity index (χ0n) is 9.77. The highest BCUT2D eigenvalue weighted by atomic mass is 16.5. The largest absolute Gasteiger partial charge is 0.492 e. The molecule has 0 fully saturated rings. The molecule has 0 aliphatic carbocycles. The molecular weight excluding hydrogens is 214 g/mol. The Morgan fingerprint density at radius 2 is 1.88 bits per heavy atom. The Hall–Kier alpha value is -2.03. The fourth-order valence-corrected chi connectivity index (χ4v) is 1.68. The molecule has 0 aliphatic rings. The molecule has 0 unspecified atom stereocenters. The predicted octanol–water partition coefficient (Wildman–Crippen LogP) is 3.23. The molecule has 0 saturated heterocycles. The van der Waals surface area contributed by atoms with Crippen LogP contribution in [0.3, 0.4) is 0 Å². The lowest BCUT2D eigenvalue weighted by Gasteiger charge is -2.09. The van der Waals surface area contributed by atoms with E-state index in [9.17, 15) is 0 Å². The molecule has 0 amide bonds. The monoisotopic (exact) mass is 229 g/mol. The normalized spacial score (nSPS) is 10.2. The van der Waals surface area contributed by atoms with E-state index in [2.05, 4.69) is 12.1 Å². The van der Waals surface area contributed by atoms with E-state index >= 15 is 0 Å². The summed E-state index contributed by atoms with van der Waals surface area (Å²) in [5, 5.41) is 9.62. The van der Waals surface area contributed by atoms with Crippen LogP contribution in [0.2, 0.25) is 0 Å². The van der Waals surface area contributed by atoms with Crippen LogP contribution in [0.4, 0.5) is 0 Å². The van der Waals surface area contributed by atoms with Crippen LogP contribution >= 0.6 is 0 Å². The van der Waals surface area contributed by atoms with Crippen LogP contribution < -0.4 is 4.74 Å². The van der Waals surface area contributed by atoms with Gasteiger partial charge < -0.3 is 9.47 Å². The van der Waals surface area contributed by atoms with Gasteiger partial charge in [-0.05, 0) is 11.5 Å². The Labute approximate surface area is 100 Å². The van der Waals surface area contributed by atoms with Crippen molar-refractivity contribution in [2.45, 2.75) is 6.42 Å². The summed E-state index contributed by atoms with van der Waals surface area (Å²) in [6.07, 6.45) is 0.486. The second-order valence-corrected chi connectivity index (χ2v) is 3.70. The van der Waals surface area contributed by atoms with E-state index in [4.69, 9.17) is 14.9 Å². The Bertz CT molecular complexity index is 517. The zero-order valence-corrected chi connectivity index (χ0v) is 9.77. The van der Waals surface area contributed by atoms with E-state index in [0.717, 1.165) is 16.5 Å². The van der Waals surface area contributed by atoms with Gasteiger partial charge in [0.15, 0.2) is 5.90 Å². The average Bonchev–Trinajstić information content (AvgIpc) is 2.39. The molecule has 0 radical (unpaired) electrons. The van der Waals surface area contributed by atoms with Gasteiger partial charge in [0, 0.05) is 5.39 Å². The minimum atomic E-state index is 0.241. The second-order valence-electron chi connectivity index (χ2n) is 3.70. The topological polar surface area (TPSA) is 42.3 Å². The summed E-state index contributed by atoms with van der Waals surface area (Å²) in [7, 11) is 1.50. The number of fused-ring (bicyclic) bond motifs is 1. The molecule has 1 N–H and O–H groups in total. The molecule has 3 nitrogen and oxygen atoms in total. The Balaban J connectivity index is 2.11. The Morgan fingerprint density at radius 1 is 1.12 bits per heavy atom. The van der Waals surface area contributed by atoms with Crippen LogP contribution in [-0.4, -0.2) is 19.6 Å². The first-order valence-electron chi connectivity index (χ1n) is 5.53. The molecule has 0 aliphatic heterocycles.